The topological polar surface area (TPSA) is 46.5 Å². The Morgan fingerprint density at radius 2 is 2.05 bits per heavy atom. The van der Waals surface area contributed by atoms with Crippen molar-refractivity contribution in [1.29, 1.82) is 0 Å². The van der Waals surface area contributed by atoms with Gasteiger partial charge in [-0.1, -0.05) is 13.0 Å². The second-order valence-corrected chi connectivity index (χ2v) is 4.51. The lowest BCUT2D eigenvalue weighted by molar-refractivity contribution is -0.144. The zero-order valence-electron chi connectivity index (χ0n) is 11.4. The highest BCUT2D eigenvalue weighted by Crippen LogP contribution is 2.33. The van der Waals surface area contributed by atoms with E-state index in [0.29, 0.717) is 18.6 Å². The number of esters is 1. The summed E-state index contributed by atoms with van der Waals surface area (Å²) >= 11 is 0. The van der Waals surface area contributed by atoms with E-state index in [2.05, 4.69) is 0 Å². The van der Waals surface area contributed by atoms with Crippen LogP contribution in [0.25, 0.3) is 0 Å². The minimum atomic E-state index is -4.83. The Morgan fingerprint density at radius 3 is 2.62 bits per heavy atom. The average Bonchev–Trinajstić information content (AvgIpc) is 2.41. The monoisotopic (exact) mass is 308 g/mol. The van der Waals surface area contributed by atoms with Crippen molar-refractivity contribution in [2.24, 2.45) is 0 Å². The van der Waals surface area contributed by atoms with E-state index in [0.717, 1.165) is 6.07 Å². The van der Waals surface area contributed by atoms with Crippen LogP contribution in [0.15, 0.2) is 18.2 Å². The van der Waals surface area contributed by atoms with Crippen LogP contribution in [0, 0.1) is 5.82 Å². The number of hydrogen-bond donors (Lipinski definition) is 1. The Morgan fingerprint density at radius 1 is 1.38 bits per heavy atom. The van der Waals surface area contributed by atoms with E-state index in [9.17, 15) is 27.5 Å². The van der Waals surface area contributed by atoms with Crippen LogP contribution >= 0.6 is 0 Å². The molecule has 0 fully saturated rings. The summed E-state index contributed by atoms with van der Waals surface area (Å²) in [6.07, 6.45) is -5.69. The molecule has 0 radical (unpaired) electrons. The number of carbonyl (C=O) groups is 1. The molecule has 1 N–H and O–H groups in total. The zero-order valence-corrected chi connectivity index (χ0v) is 11.4. The van der Waals surface area contributed by atoms with Gasteiger partial charge in [-0.3, -0.25) is 4.79 Å². The molecule has 0 saturated carbocycles. The third-order valence-electron chi connectivity index (χ3n) is 2.77. The first-order chi connectivity index (χ1) is 9.75. The molecule has 0 bridgehead atoms. The molecule has 1 unspecified atom stereocenters. The normalized spacial score (nSPS) is 13.0. The first kappa shape index (κ1) is 17.4. The molecule has 0 saturated heterocycles. The van der Waals surface area contributed by atoms with Crippen molar-refractivity contribution in [1.82, 2.24) is 0 Å². The van der Waals surface area contributed by atoms with Gasteiger partial charge in [0.05, 0.1) is 18.3 Å². The van der Waals surface area contributed by atoms with E-state index in [4.69, 9.17) is 4.74 Å². The standard InChI is InChI=1S/C14H16F4O3/c1-2-7-21-13(20)6-5-12(19)9-3-4-11(15)10(8-9)14(16,17)18/h3-4,8,12,19H,2,5-7H2,1H3. The molecule has 0 aliphatic carbocycles. The molecular formula is C14H16F4O3. The Balaban J connectivity index is 2.71. The molecule has 3 nitrogen and oxygen atoms in total. The summed E-state index contributed by atoms with van der Waals surface area (Å²) in [4.78, 5) is 11.2. The van der Waals surface area contributed by atoms with Crippen molar-refractivity contribution in [2.75, 3.05) is 6.61 Å². The van der Waals surface area contributed by atoms with Crippen molar-refractivity contribution in [3.8, 4) is 0 Å². The lowest BCUT2D eigenvalue weighted by Gasteiger charge is -2.14. The number of benzene rings is 1. The lowest BCUT2D eigenvalue weighted by atomic mass is 10.0. The number of alkyl halides is 3. The second kappa shape index (κ2) is 7.40. The molecule has 0 spiro atoms. The van der Waals surface area contributed by atoms with Gasteiger partial charge in [0.25, 0.3) is 0 Å². The van der Waals surface area contributed by atoms with Gasteiger partial charge in [0.2, 0.25) is 0 Å². The Labute approximate surface area is 119 Å². The van der Waals surface area contributed by atoms with Crippen LogP contribution in [0.4, 0.5) is 17.6 Å². The number of carbonyl (C=O) groups excluding carboxylic acids is 1. The molecule has 1 atom stereocenters. The van der Waals surface area contributed by atoms with Gasteiger partial charge in [-0.15, -0.1) is 0 Å². The minimum Gasteiger partial charge on any atom is -0.466 e. The van der Waals surface area contributed by atoms with E-state index < -0.39 is 29.6 Å². The fraction of sp³-hybridized carbons (Fsp3) is 0.500. The SMILES string of the molecule is CCCOC(=O)CCC(O)c1ccc(F)c(C(F)(F)F)c1. The molecule has 1 rings (SSSR count). The Kier molecular flexibility index (Phi) is 6.14. The summed E-state index contributed by atoms with van der Waals surface area (Å²) in [6, 6.07) is 2.26. The number of aliphatic hydroxyl groups excluding tert-OH is 1. The van der Waals surface area contributed by atoms with Crippen molar-refractivity contribution >= 4 is 5.97 Å². The maximum Gasteiger partial charge on any atom is 0.419 e. The van der Waals surface area contributed by atoms with E-state index in [-0.39, 0.29) is 25.0 Å². The van der Waals surface area contributed by atoms with Gasteiger partial charge in [-0.05, 0) is 30.5 Å². The summed E-state index contributed by atoms with van der Waals surface area (Å²) in [5.74, 6) is -1.94. The number of aliphatic hydroxyl groups is 1. The fourth-order valence-corrected chi connectivity index (χ4v) is 1.68. The fourth-order valence-electron chi connectivity index (χ4n) is 1.68. The van der Waals surface area contributed by atoms with Crippen molar-refractivity contribution in [3.05, 3.63) is 35.1 Å². The Hall–Kier alpha value is -1.63. The van der Waals surface area contributed by atoms with Crippen LogP contribution in [0.1, 0.15) is 43.4 Å². The molecule has 118 valence electrons. The maximum absolute atomic E-state index is 13.1. The van der Waals surface area contributed by atoms with Crippen LogP contribution in [-0.2, 0) is 15.7 Å². The quantitative estimate of drug-likeness (QED) is 0.645. The van der Waals surface area contributed by atoms with E-state index in [1.54, 1.807) is 0 Å². The van der Waals surface area contributed by atoms with Crippen LogP contribution in [0.5, 0.6) is 0 Å². The largest absolute Gasteiger partial charge is 0.466 e. The summed E-state index contributed by atoms with van der Waals surface area (Å²) in [6.45, 7) is 2.07. The van der Waals surface area contributed by atoms with Gasteiger partial charge < -0.3 is 9.84 Å². The summed E-state index contributed by atoms with van der Waals surface area (Å²) < 4.78 is 55.5. The minimum absolute atomic E-state index is 0.0907. The van der Waals surface area contributed by atoms with Gasteiger partial charge in [0.1, 0.15) is 5.82 Å². The highest BCUT2D eigenvalue weighted by molar-refractivity contribution is 5.69. The summed E-state index contributed by atoms with van der Waals surface area (Å²) in [5, 5.41) is 9.78. The van der Waals surface area contributed by atoms with Gasteiger partial charge in [-0.25, -0.2) is 4.39 Å². The van der Waals surface area contributed by atoms with E-state index in [1.807, 2.05) is 6.92 Å². The molecule has 21 heavy (non-hydrogen) atoms. The molecule has 0 amide bonds. The summed E-state index contributed by atoms with van der Waals surface area (Å²) in [7, 11) is 0. The molecule has 0 heterocycles. The predicted octanol–water partition coefficient (Wildman–Crippen LogP) is 3.61. The third kappa shape index (κ3) is 5.34. The highest BCUT2D eigenvalue weighted by atomic mass is 19.4. The van der Waals surface area contributed by atoms with E-state index in [1.165, 1.54) is 0 Å². The van der Waals surface area contributed by atoms with Crippen LogP contribution < -0.4 is 0 Å². The molecular weight excluding hydrogens is 292 g/mol. The van der Waals surface area contributed by atoms with Gasteiger partial charge in [-0.2, -0.15) is 13.2 Å². The molecule has 0 aliphatic heterocycles. The maximum atomic E-state index is 13.1. The second-order valence-electron chi connectivity index (χ2n) is 4.51. The smallest absolute Gasteiger partial charge is 0.419 e. The molecule has 1 aromatic carbocycles. The van der Waals surface area contributed by atoms with Gasteiger partial charge >= 0.3 is 12.1 Å². The molecule has 7 heteroatoms. The van der Waals surface area contributed by atoms with E-state index >= 15 is 0 Å². The third-order valence-corrected chi connectivity index (χ3v) is 2.77. The number of halogens is 4. The molecule has 0 aliphatic rings. The van der Waals surface area contributed by atoms with Gasteiger partial charge in [0, 0.05) is 6.42 Å². The van der Waals surface area contributed by atoms with Crippen LogP contribution in [0.3, 0.4) is 0 Å². The van der Waals surface area contributed by atoms with Crippen molar-refractivity contribution < 1.29 is 32.2 Å². The lowest BCUT2D eigenvalue weighted by Crippen LogP contribution is -2.11. The number of hydrogen-bond acceptors (Lipinski definition) is 3. The summed E-state index contributed by atoms with van der Waals surface area (Å²) in [5.41, 5.74) is -1.53. The van der Waals surface area contributed by atoms with Crippen LogP contribution in [-0.4, -0.2) is 17.7 Å². The molecule has 1 aromatic rings. The molecule has 0 aromatic heterocycles. The zero-order chi connectivity index (χ0) is 16.0. The first-order valence-corrected chi connectivity index (χ1v) is 6.46. The van der Waals surface area contributed by atoms with Gasteiger partial charge in [0.15, 0.2) is 0 Å². The van der Waals surface area contributed by atoms with Crippen molar-refractivity contribution in [3.63, 3.8) is 0 Å². The van der Waals surface area contributed by atoms with Crippen LogP contribution in [0.2, 0.25) is 0 Å². The average molecular weight is 308 g/mol. The van der Waals surface area contributed by atoms with Crippen molar-refractivity contribution in [2.45, 2.75) is 38.5 Å². The Bertz CT molecular complexity index is 486. The number of ether oxygens (including phenoxy) is 1. The highest BCUT2D eigenvalue weighted by Gasteiger charge is 2.34. The predicted molar refractivity (Wildman–Crippen MR) is 66.8 cm³/mol. The first-order valence-electron chi connectivity index (χ1n) is 6.46. The number of rotatable bonds is 6.